The first-order valence-corrected chi connectivity index (χ1v) is 4.38. The number of hydrogen-bond acceptors (Lipinski definition) is 3. The largest absolute Gasteiger partial charge is 0.326 e. The van der Waals surface area contributed by atoms with Gasteiger partial charge in [-0.05, 0) is 13.5 Å². The lowest BCUT2D eigenvalue weighted by molar-refractivity contribution is 0.228. The summed E-state index contributed by atoms with van der Waals surface area (Å²) in [7, 11) is 2.05. The Morgan fingerprint density at radius 3 is 1.73 bits per heavy atom. The van der Waals surface area contributed by atoms with Gasteiger partial charge in [-0.2, -0.15) is 0 Å². The van der Waals surface area contributed by atoms with Gasteiger partial charge in [-0.15, -0.1) is 0 Å². The van der Waals surface area contributed by atoms with Crippen molar-refractivity contribution in [2.75, 3.05) is 20.1 Å². The average Bonchev–Trinajstić information content (AvgIpc) is 1.88. The lowest BCUT2D eigenvalue weighted by Crippen LogP contribution is -2.50. The zero-order valence-corrected chi connectivity index (χ0v) is 7.88. The van der Waals surface area contributed by atoms with Gasteiger partial charge in [0.2, 0.25) is 0 Å². The van der Waals surface area contributed by atoms with Gasteiger partial charge < -0.3 is 16.4 Å². The summed E-state index contributed by atoms with van der Waals surface area (Å²) in [5.41, 5.74) is 11.4. The van der Waals surface area contributed by atoms with E-state index in [9.17, 15) is 0 Å². The van der Waals surface area contributed by atoms with Gasteiger partial charge in [0, 0.05) is 25.2 Å². The van der Waals surface area contributed by atoms with Crippen molar-refractivity contribution in [1.29, 1.82) is 0 Å². The maximum atomic E-state index is 5.69. The van der Waals surface area contributed by atoms with Crippen molar-refractivity contribution < 1.29 is 0 Å². The third-order valence-corrected chi connectivity index (χ3v) is 1.70. The van der Waals surface area contributed by atoms with Crippen LogP contribution in [0.25, 0.3) is 0 Å². The highest BCUT2D eigenvalue weighted by Gasteiger charge is 2.18. The molecular weight excluding hydrogens is 138 g/mol. The third kappa shape index (κ3) is 4.35. The van der Waals surface area contributed by atoms with E-state index in [-0.39, 0.29) is 0 Å². The number of nitrogens with two attached hydrogens (primary N) is 2. The summed E-state index contributed by atoms with van der Waals surface area (Å²) < 4.78 is 0. The van der Waals surface area contributed by atoms with Crippen molar-refractivity contribution in [2.24, 2.45) is 11.5 Å². The monoisotopic (exact) mass is 159 g/mol. The molecule has 0 bridgehead atoms. The Labute approximate surface area is 69.7 Å². The van der Waals surface area contributed by atoms with Crippen LogP contribution in [0, 0.1) is 0 Å². The van der Waals surface area contributed by atoms with Crippen LogP contribution in [0.2, 0.25) is 0 Å². The van der Waals surface area contributed by atoms with Crippen molar-refractivity contribution in [3.05, 3.63) is 0 Å². The van der Waals surface area contributed by atoms with E-state index < -0.39 is 0 Å². The molecule has 2 unspecified atom stereocenters. The first kappa shape index (κ1) is 10.9. The number of likely N-dealkylation sites (tertiary alicyclic amines) is 1. The molecule has 0 aromatic rings. The highest BCUT2D eigenvalue weighted by Crippen LogP contribution is 2.03. The fourth-order valence-corrected chi connectivity index (χ4v) is 1.41. The normalized spacial score (nSPS) is 32.5. The van der Waals surface area contributed by atoms with E-state index in [2.05, 4.69) is 11.9 Å². The zero-order chi connectivity index (χ0) is 8.85. The molecule has 68 valence electrons. The zero-order valence-electron chi connectivity index (χ0n) is 7.88. The van der Waals surface area contributed by atoms with Crippen molar-refractivity contribution >= 4 is 0 Å². The van der Waals surface area contributed by atoms with E-state index in [1.54, 1.807) is 0 Å². The molecule has 1 saturated heterocycles. The lowest BCUT2D eigenvalue weighted by atomic mass is 10.0. The van der Waals surface area contributed by atoms with E-state index in [0.29, 0.717) is 12.1 Å². The smallest absolute Gasteiger partial charge is 0.0182 e. The third-order valence-electron chi connectivity index (χ3n) is 1.70. The van der Waals surface area contributed by atoms with Crippen molar-refractivity contribution in [2.45, 2.75) is 32.4 Å². The molecule has 1 aliphatic rings. The van der Waals surface area contributed by atoms with Gasteiger partial charge in [-0.25, -0.2) is 0 Å². The Bertz CT molecular complexity index is 70.3. The minimum absolute atomic E-state index is 0.291. The summed E-state index contributed by atoms with van der Waals surface area (Å²) in [6.07, 6.45) is 0.977. The molecule has 0 aliphatic carbocycles. The van der Waals surface area contributed by atoms with Gasteiger partial charge in [-0.3, -0.25) is 0 Å². The SMILES string of the molecule is CC.CN1CC(N)CC(N)C1. The van der Waals surface area contributed by atoms with Crippen LogP contribution >= 0.6 is 0 Å². The molecule has 2 atom stereocenters. The van der Waals surface area contributed by atoms with E-state index in [0.717, 1.165) is 19.5 Å². The van der Waals surface area contributed by atoms with Gasteiger partial charge in [0.1, 0.15) is 0 Å². The molecule has 1 rings (SSSR count). The Kier molecular flexibility index (Phi) is 5.46. The molecule has 0 aromatic heterocycles. The molecule has 0 amide bonds. The second kappa shape index (κ2) is 5.52. The molecule has 0 spiro atoms. The summed E-state index contributed by atoms with van der Waals surface area (Å²) in [5, 5.41) is 0. The van der Waals surface area contributed by atoms with Crippen LogP contribution in [-0.2, 0) is 0 Å². The maximum absolute atomic E-state index is 5.69. The molecule has 11 heavy (non-hydrogen) atoms. The fraction of sp³-hybridized carbons (Fsp3) is 1.00. The number of nitrogens with zero attached hydrogens (tertiary/aromatic N) is 1. The van der Waals surface area contributed by atoms with Crippen molar-refractivity contribution in [1.82, 2.24) is 4.90 Å². The maximum Gasteiger partial charge on any atom is 0.0182 e. The number of piperidine rings is 1. The molecule has 3 nitrogen and oxygen atoms in total. The highest BCUT2D eigenvalue weighted by atomic mass is 15.1. The number of likely N-dealkylation sites (N-methyl/N-ethyl adjacent to an activating group) is 1. The molecule has 1 heterocycles. The van der Waals surface area contributed by atoms with Crippen LogP contribution in [0.15, 0.2) is 0 Å². The standard InChI is InChI=1S/C6H15N3.C2H6/c1-9-3-5(7)2-6(8)4-9;1-2/h5-6H,2-4,7-8H2,1H3;1-2H3. The predicted octanol–water partition coefficient (Wildman–Crippen LogP) is 0.00270. The van der Waals surface area contributed by atoms with Crippen LogP contribution in [0.1, 0.15) is 20.3 Å². The molecule has 0 saturated carbocycles. The van der Waals surface area contributed by atoms with Crippen molar-refractivity contribution in [3.63, 3.8) is 0 Å². The van der Waals surface area contributed by atoms with Crippen LogP contribution in [0.3, 0.4) is 0 Å². The first-order chi connectivity index (χ1) is 5.18. The minimum Gasteiger partial charge on any atom is -0.326 e. The second-order valence-corrected chi connectivity index (χ2v) is 2.98. The summed E-state index contributed by atoms with van der Waals surface area (Å²) in [6, 6.07) is 0.581. The quantitative estimate of drug-likeness (QED) is 0.523. The van der Waals surface area contributed by atoms with E-state index in [1.165, 1.54) is 0 Å². The summed E-state index contributed by atoms with van der Waals surface area (Å²) in [6.45, 7) is 5.99. The Balaban J connectivity index is 0.000000461. The minimum atomic E-state index is 0.291. The van der Waals surface area contributed by atoms with Crippen LogP contribution in [0.5, 0.6) is 0 Å². The van der Waals surface area contributed by atoms with Gasteiger partial charge in [0.25, 0.3) is 0 Å². The van der Waals surface area contributed by atoms with Gasteiger partial charge >= 0.3 is 0 Å². The number of hydrogen-bond donors (Lipinski definition) is 2. The average molecular weight is 159 g/mol. The van der Waals surface area contributed by atoms with Crippen LogP contribution in [-0.4, -0.2) is 37.1 Å². The first-order valence-electron chi connectivity index (χ1n) is 4.38. The lowest BCUT2D eigenvalue weighted by Gasteiger charge is -2.31. The molecule has 0 aromatic carbocycles. The summed E-state index contributed by atoms with van der Waals surface area (Å²) >= 11 is 0. The molecule has 1 fully saturated rings. The molecular formula is C8H21N3. The van der Waals surface area contributed by atoms with Crippen LogP contribution < -0.4 is 11.5 Å². The van der Waals surface area contributed by atoms with E-state index in [4.69, 9.17) is 11.5 Å². The van der Waals surface area contributed by atoms with Crippen LogP contribution in [0.4, 0.5) is 0 Å². The summed E-state index contributed by atoms with van der Waals surface area (Å²) in [5.74, 6) is 0. The predicted molar refractivity (Wildman–Crippen MR) is 49.4 cm³/mol. The van der Waals surface area contributed by atoms with Gasteiger partial charge in [0.05, 0.1) is 0 Å². The van der Waals surface area contributed by atoms with Gasteiger partial charge in [-0.1, -0.05) is 13.8 Å². The van der Waals surface area contributed by atoms with Crippen molar-refractivity contribution in [3.8, 4) is 0 Å². The number of rotatable bonds is 0. The highest BCUT2D eigenvalue weighted by molar-refractivity contribution is 4.81. The fourth-order valence-electron chi connectivity index (χ4n) is 1.41. The molecule has 4 N–H and O–H groups in total. The summed E-state index contributed by atoms with van der Waals surface area (Å²) in [4.78, 5) is 2.18. The van der Waals surface area contributed by atoms with E-state index in [1.807, 2.05) is 13.8 Å². The molecule has 1 aliphatic heterocycles. The van der Waals surface area contributed by atoms with Gasteiger partial charge in [0.15, 0.2) is 0 Å². The Morgan fingerprint density at radius 1 is 1.09 bits per heavy atom. The second-order valence-electron chi connectivity index (χ2n) is 2.98. The Morgan fingerprint density at radius 2 is 1.45 bits per heavy atom. The molecule has 0 radical (unpaired) electrons. The topological polar surface area (TPSA) is 55.3 Å². The Hall–Kier alpha value is -0.120. The van der Waals surface area contributed by atoms with E-state index >= 15 is 0 Å². The molecule has 3 heteroatoms.